The van der Waals surface area contributed by atoms with Crippen molar-refractivity contribution in [1.29, 1.82) is 0 Å². The molecule has 5 aromatic rings. The van der Waals surface area contributed by atoms with Crippen LogP contribution < -0.4 is 10.5 Å². The van der Waals surface area contributed by atoms with E-state index in [2.05, 4.69) is 25.1 Å². The molecule has 1 aliphatic rings. The number of para-hydroxylation sites is 1. The zero-order valence-corrected chi connectivity index (χ0v) is 21.3. The van der Waals surface area contributed by atoms with E-state index in [1.807, 2.05) is 39.6 Å². The molecule has 2 aromatic carbocycles. The zero-order chi connectivity index (χ0) is 26.1. The summed E-state index contributed by atoms with van der Waals surface area (Å²) in [6, 6.07) is 16.6. The van der Waals surface area contributed by atoms with Crippen LogP contribution in [0, 0.1) is 0 Å². The Bertz CT molecular complexity index is 1660. The van der Waals surface area contributed by atoms with Crippen LogP contribution in [-0.2, 0) is 17.8 Å². The maximum Gasteiger partial charge on any atom is 0.263 e. The van der Waals surface area contributed by atoms with E-state index in [0.717, 1.165) is 11.1 Å². The first-order valence-electron chi connectivity index (χ1n) is 12.5. The summed E-state index contributed by atoms with van der Waals surface area (Å²) in [5, 5.41) is 9.99. The maximum absolute atomic E-state index is 13.4. The van der Waals surface area contributed by atoms with Crippen molar-refractivity contribution in [1.82, 2.24) is 34.0 Å². The minimum atomic E-state index is -0.140. The van der Waals surface area contributed by atoms with Crippen LogP contribution in [0.4, 0.5) is 5.95 Å². The first kappa shape index (κ1) is 24.1. The van der Waals surface area contributed by atoms with E-state index in [1.165, 1.54) is 0 Å². The van der Waals surface area contributed by atoms with E-state index < -0.39 is 0 Å². The fraction of sp³-hybridized carbons (Fsp3) is 0.259. The number of halogens is 1. The Kier molecular flexibility index (Phi) is 6.47. The summed E-state index contributed by atoms with van der Waals surface area (Å²) in [4.78, 5) is 39.0. The van der Waals surface area contributed by atoms with Gasteiger partial charge in [-0.25, -0.2) is 9.97 Å². The van der Waals surface area contributed by atoms with Gasteiger partial charge in [0.2, 0.25) is 17.6 Å². The molecular formula is C27H25ClN8O2. The van der Waals surface area contributed by atoms with E-state index in [4.69, 9.17) is 11.6 Å². The Morgan fingerprint density at radius 1 is 0.895 bits per heavy atom. The van der Waals surface area contributed by atoms with Gasteiger partial charge in [-0.15, -0.1) is 10.2 Å². The standard InChI is InChI=1S/C27H25ClN8O2/c28-20-8-6-19(7-9-20)18-35-25(38)21-4-1-2-5-22(21)36-23(31-32-27(35)36)10-11-24(37)33-14-16-34(17-15-33)26-29-12-3-13-30-26/h1-9,12-13H,10-11,14-18H2. The van der Waals surface area contributed by atoms with Crippen molar-refractivity contribution in [3.63, 3.8) is 0 Å². The van der Waals surface area contributed by atoms with Crippen LogP contribution in [0.2, 0.25) is 5.02 Å². The third-order valence-corrected chi connectivity index (χ3v) is 7.11. The number of hydrogen-bond acceptors (Lipinski definition) is 7. The quantitative estimate of drug-likeness (QED) is 0.334. The summed E-state index contributed by atoms with van der Waals surface area (Å²) in [7, 11) is 0. The number of hydrogen-bond donors (Lipinski definition) is 0. The van der Waals surface area contributed by atoms with Crippen LogP contribution in [0.5, 0.6) is 0 Å². The third kappa shape index (κ3) is 4.58. The molecule has 0 N–H and O–H groups in total. The lowest BCUT2D eigenvalue weighted by Crippen LogP contribution is -2.49. The molecule has 1 fully saturated rings. The first-order valence-corrected chi connectivity index (χ1v) is 12.9. The van der Waals surface area contributed by atoms with Crippen LogP contribution in [0.15, 0.2) is 71.8 Å². The fourth-order valence-corrected chi connectivity index (χ4v) is 5.00. The summed E-state index contributed by atoms with van der Waals surface area (Å²) in [6.45, 7) is 2.93. The van der Waals surface area contributed by atoms with Crippen LogP contribution in [0.25, 0.3) is 16.7 Å². The molecular weight excluding hydrogens is 504 g/mol. The van der Waals surface area contributed by atoms with E-state index in [9.17, 15) is 9.59 Å². The van der Waals surface area contributed by atoms with Crippen molar-refractivity contribution in [3.8, 4) is 0 Å². The van der Waals surface area contributed by atoms with Crippen molar-refractivity contribution in [2.24, 2.45) is 0 Å². The van der Waals surface area contributed by atoms with Gasteiger partial charge in [0.05, 0.1) is 17.4 Å². The van der Waals surface area contributed by atoms with Gasteiger partial charge in [0.25, 0.3) is 5.56 Å². The number of carbonyl (C=O) groups is 1. The van der Waals surface area contributed by atoms with Gasteiger partial charge in [-0.2, -0.15) is 0 Å². The minimum absolute atomic E-state index is 0.0640. The number of rotatable bonds is 6. The molecule has 0 saturated carbocycles. The molecule has 0 unspecified atom stereocenters. The molecule has 3 aromatic heterocycles. The lowest BCUT2D eigenvalue weighted by Gasteiger charge is -2.34. The van der Waals surface area contributed by atoms with Gasteiger partial charge in [-0.3, -0.25) is 18.6 Å². The molecule has 0 aliphatic carbocycles. The number of aromatic nitrogens is 6. The molecule has 192 valence electrons. The molecule has 6 rings (SSSR count). The number of aryl methyl sites for hydroxylation is 1. The highest BCUT2D eigenvalue weighted by Gasteiger charge is 2.23. The third-order valence-electron chi connectivity index (χ3n) is 6.86. The lowest BCUT2D eigenvalue weighted by molar-refractivity contribution is -0.131. The molecule has 38 heavy (non-hydrogen) atoms. The van der Waals surface area contributed by atoms with E-state index in [0.29, 0.717) is 73.5 Å². The van der Waals surface area contributed by atoms with Crippen LogP contribution in [-0.4, -0.2) is 66.1 Å². The number of fused-ring (bicyclic) bond motifs is 3. The van der Waals surface area contributed by atoms with Gasteiger partial charge < -0.3 is 9.80 Å². The first-order chi connectivity index (χ1) is 18.6. The second kappa shape index (κ2) is 10.2. The molecule has 0 bridgehead atoms. The predicted octanol–water partition coefficient (Wildman–Crippen LogP) is 2.82. The SMILES string of the molecule is O=C(CCc1nnc2n(Cc3ccc(Cl)cc3)c(=O)c3ccccc3n12)N1CCN(c2ncccn2)CC1. The number of amides is 1. The number of nitrogens with zero attached hydrogens (tertiary/aromatic N) is 8. The average molecular weight is 529 g/mol. The van der Waals surface area contributed by atoms with Gasteiger partial charge in [-0.05, 0) is 35.9 Å². The Balaban J connectivity index is 1.23. The van der Waals surface area contributed by atoms with Crippen molar-refractivity contribution in [2.75, 3.05) is 31.1 Å². The Hall–Kier alpha value is -4.31. The average Bonchev–Trinajstić information content (AvgIpc) is 3.39. The van der Waals surface area contributed by atoms with Crippen LogP contribution in [0.1, 0.15) is 17.8 Å². The molecule has 0 spiro atoms. The van der Waals surface area contributed by atoms with Gasteiger partial charge in [0, 0.05) is 56.4 Å². The van der Waals surface area contributed by atoms with Crippen molar-refractivity contribution in [3.05, 3.63) is 93.8 Å². The lowest BCUT2D eigenvalue weighted by atomic mass is 10.2. The summed E-state index contributed by atoms with van der Waals surface area (Å²) in [6.07, 6.45) is 4.15. The largest absolute Gasteiger partial charge is 0.339 e. The Morgan fingerprint density at radius 2 is 1.63 bits per heavy atom. The highest BCUT2D eigenvalue weighted by Crippen LogP contribution is 2.18. The smallest absolute Gasteiger partial charge is 0.263 e. The predicted molar refractivity (Wildman–Crippen MR) is 144 cm³/mol. The van der Waals surface area contributed by atoms with Crippen LogP contribution in [0.3, 0.4) is 0 Å². The summed E-state index contributed by atoms with van der Waals surface area (Å²) < 4.78 is 3.51. The summed E-state index contributed by atoms with van der Waals surface area (Å²) >= 11 is 6.04. The topological polar surface area (TPSA) is 102 Å². The van der Waals surface area contributed by atoms with E-state index >= 15 is 0 Å². The fourth-order valence-electron chi connectivity index (χ4n) is 4.88. The Morgan fingerprint density at radius 3 is 2.39 bits per heavy atom. The minimum Gasteiger partial charge on any atom is -0.339 e. The van der Waals surface area contributed by atoms with Crippen LogP contribution >= 0.6 is 11.6 Å². The number of anilines is 1. The van der Waals surface area contributed by atoms with Gasteiger partial charge in [0.1, 0.15) is 5.82 Å². The molecule has 4 heterocycles. The van der Waals surface area contributed by atoms with Gasteiger partial charge >= 0.3 is 0 Å². The summed E-state index contributed by atoms with van der Waals surface area (Å²) in [5.41, 5.74) is 1.51. The Labute approximate surface area is 223 Å². The molecule has 1 amide bonds. The molecule has 0 atom stereocenters. The molecule has 1 aliphatic heterocycles. The van der Waals surface area contributed by atoms with Crippen molar-refractivity contribution >= 4 is 40.1 Å². The normalized spacial score (nSPS) is 13.9. The molecule has 0 radical (unpaired) electrons. The van der Waals surface area contributed by atoms with Gasteiger partial charge in [-0.1, -0.05) is 35.9 Å². The second-order valence-corrected chi connectivity index (χ2v) is 9.64. The van der Waals surface area contributed by atoms with E-state index in [-0.39, 0.29) is 11.5 Å². The monoisotopic (exact) mass is 528 g/mol. The molecule has 11 heteroatoms. The van der Waals surface area contributed by atoms with Gasteiger partial charge in [0.15, 0.2) is 0 Å². The highest BCUT2D eigenvalue weighted by molar-refractivity contribution is 6.30. The summed E-state index contributed by atoms with van der Waals surface area (Å²) in [5.74, 6) is 1.84. The van der Waals surface area contributed by atoms with Crippen molar-refractivity contribution in [2.45, 2.75) is 19.4 Å². The molecule has 1 saturated heterocycles. The highest BCUT2D eigenvalue weighted by atomic mass is 35.5. The number of carbonyl (C=O) groups excluding carboxylic acids is 1. The number of piperazine rings is 1. The molecule has 10 nitrogen and oxygen atoms in total. The van der Waals surface area contributed by atoms with E-state index in [1.54, 1.807) is 41.2 Å². The number of benzene rings is 2. The zero-order valence-electron chi connectivity index (χ0n) is 20.6. The maximum atomic E-state index is 13.4. The second-order valence-electron chi connectivity index (χ2n) is 9.20. The van der Waals surface area contributed by atoms with Crippen molar-refractivity contribution < 1.29 is 4.79 Å².